The van der Waals surface area contributed by atoms with Crippen LogP contribution < -0.4 is 10.1 Å². The number of ether oxygens (including phenoxy) is 2. The van der Waals surface area contributed by atoms with Crippen LogP contribution in [0.3, 0.4) is 0 Å². The zero-order chi connectivity index (χ0) is 14.3. The predicted molar refractivity (Wildman–Crippen MR) is 74.5 cm³/mol. The van der Waals surface area contributed by atoms with Crippen molar-refractivity contribution in [3.63, 3.8) is 0 Å². The number of halogens is 1. The van der Waals surface area contributed by atoms with Crippen molar-refractivity contribution in [1.29, 1.82) is 0 Å². The maximum absolute atomic E-state index is 11.6. The van der Waals surface area contributed by atoms with Crippen LogP contribution in [0, 0.1) is 0 Å². The maximum atomic E-state index is 11.6. The van der Waals surface area contributed by atoms with Crippen LogP contribution in [0.5, 0.6) is 5.75 Å². The summed E-state index contributed by atoms with van der Waals surface area (Å²) >= 11 is 3.28. The van der Waals surface area contributed by atoms with E-state index in [0.717, 1.165) is 0 Å². The second-order valence-electron chi connectivity index (χ2n) is 3.99. The largest absolute Gasteiger partial charge is 0.482 e. The number of aldehydes is 1. The summed E-state index contributed by atoms with van der Waals surface area (Å²) in [4.78, 5) is 22.5. The summed E-state index contributed by atoms with van der Waals surface area (Å²) in [6.45, 7) is 2.11. The van der Waals surface area contributed by atoms with Crippen LogP contribution >= 0.6 is 15.9 Å². The summed E-state index contributed by atoms with van der Waals surface area (Å²) in [7, 11) is 1.57. The van der Waals surface area contributed by atoms with E-state index in [2.05, 4.69) is 21.2 Å². The molecule has 104 valence electrons. The first-order valence-corrected chi connectivity index (χ1v) is 6.52. The van der Waals surface area contributed by atoms with Crippen LogP contribution in [0.25, 0.3) is 0 Å². The Hall–Kier alpha value is -1.40. The van der Waals surface area contributed by atoms with Gasteiger partial charge in [-0.1, -0.05) is 6.07 Å². The fourth-order valence-corrected chi connectivity index (χ4v) is 2.01. The molecule has 0 bridgehead atoms. The normalized spacial score (nSPS) is 11.7. The molecule has 1 N–H and O–H groups in total. The molecule has 0 heterocycles. The zero-order valence-electron chi connectivity index (χ0n) is 10.8. The molecule has 1 amide bonds. The Labute approximate surface area is 120 Å². The second kappa shape index (κ2) is 7.91. The third kappa shape index (κ3) is 5.00. The van der Waals surface area contributed by atoms with Gasteiger partial charge in [-0.15, -0.1) is 0 Å². The van der Waals surface area contributed by atoms with E-state index >= 15 is 0 Å². The molecular formula is C13H16BrNO4. The monoisotopic (exact) mass is 329 g/mol. The smallest absolute Gasteiger partial charge is 0.258 e. The Morgan fingerprint density at radius 3 is 2.89 bits per heavy atom. The summed E-state index contributed by atoms with van der Waals surface area (Å²) in [5.74, 6) is 0.101. The Morgan fingerprint density at radius 2 is 2.26 bits per heavy atom. The van der Waals surface area contributed by atoms with E-state index in [9.17, 15) is 9.59 Å². The lowest BCUT2D eigenvalue weighted by molar-refractivity contribution is -0.124. The topological polar surface area (TPSA) is 64.6 Å². The molecule has 1 rings (SSSR count). The lowest BCUT2D eigenvalue weighted by atomic mass is 10.2. The van der Waals surface area contributed by atoms with Crippen LogP contribution in [0.15, 0.2) is 22.7 Å². The van der Waals surface area contributed by atoms with Crippen LogP contribution in [0.2, 0.25) is 0 Å². The molecule has 0 fully saturated rings. The van der Waals surface area contributed by atoms with E-state index < -0.39 is 0 Å². The highest BCUT2D eigenvalue weighted by atomic mass is 79.9. The minimum atomic E-state index is -0.267. The molecule has 1 atom stereocenters. The SMILES string of the molecule is COCC(C)NC(=O)COc1c(Br)cccc1C=O. The Balaban J connectivity index is 2.57. The summed E-state index contributed by atoms with van der Waals surface area (Å²) < 4.78 is 10.9. The van der Waals surface area contributed by atoms with Crippen molar-refractivity contribution >= 4 is 28.1 Å². The lowest BCUT2D eigenvalue weighted by Gasteiger charge is -2.14. The molecule has 0 aromatic heterocycles. The third-order valence-corrected chi connectivity index (χ3v) is 2.92. The Kier molecular flexibility index (Phi) is 6.52. The van der Waals surface area contributed by atoms with E-state index in [-0.39, 0.29) is 18.6 Å². The average molecular weight is 330 g/mol. The first kappa shape index (κ1) is 15.7. The number of carbonyl (C=O) groups excluding carboxylic acids is 2. The molecule has 0 spiro atoms. The number of hydrogen-bond donors (Lipinski definition) is 1. The summed E-state index contributed by atoms with van der Waals surface area (Å²) in [5.41, 5.74) is 0.395. The van der Waals surface area contributed by atoms with E-state index in [1.807, 2.05) is 6.92 Å². The van der Waals surface area contributed by atoms with Crippen LogP contribution in [0.1, 0.15) is 17.3 Å². The van der Waals surface area contributed by atoms with Crippen LogP contribution in [-0.4, -0.2) is 38.6 Å². The van der Waals surface area contributed by atoms with Gasteiger partial charge in [0.25, 0.3) is 5.91 Å². The van der Waals surface area contributed by atoms with Crippen molar-refractivity contribution in [3.05, 3.63) is 28.2 Å². The molecule has 0 aliphatic carbocycles. The summed E-state index contributed by atoms with van der Waals surface area (Å²) in [6.07, 6.45) is 0.686. The van der Waals surface area contributed by atoms with Gasteiger partial charge < -0.3 is 14.8 Å². The molecule has 5 nitrogen and oxygen atoms in total. The summed E-state index contributed by atoms with van der Waals surface area (Å²) in [6, 6.07) is 5.00. The van der Waals surface area contributed by atoms with Crippen molar-refractivity contribution < 1.29 is 19.1 Å². The van der Waals surface area contributed by atoms with Gasteiger partial charge in [-0.2, -0.15) is 0 Å². The minimum Gasteiger partial charge on any atom is -0.482 e. The molecular weight excluding hydrogens is 314 g/mol. The van der Waals surface area contributed by atoms with Gasteiger partial charge in [-0.05, 0) is 35.0 Å². The van der Waals surface area contributed by atoms with Gasteiger partial charge in [0.15, 0.2) is 12.9 Å². The molecule has 0 radical (unpaired) electrons. The lowest BCUT2D eigenvalue weighted by Crippen LogP contribution is -2.38. The number of amides is 1. The zero-order valence-corrected chi connectivity index (χ0v) is 12.4. The van der Waals surface area contributed by atoms with Crippen molar-refractivity contribution in [2.75, 3.05) is 20.3 Å². The molecule has 6 heteroatoms. The maximum Gasteiger partial charge on any atom is 0.258 e. The first-order chi connectivity index (χ1) is 9.08. The molecule has 19 heavy (non-hydrogen) atoms. The quantitative estimate of drug-likeness (QED) is 0.774. The van der Waals surface area contributed by atoms with E-state index in [1.54, 1.807) is 25.3 Å². The highest BCUT2D eigenvalue weighted by Crippen LogP contribution is 2.27. The Bertz CT molecular complexity index is 450. The van der Waals surface area contributed by atoms with Crippen molar-refractivity contribution in [3.8, 4) is 5.75 Å². The highest BCUT2D eigenvalue weighted by molar-refractivity contribution is 9.10. The fourth-order valence-electron chi connectivity index (χ4n) is 1.52. The fraction of sp³-hybridized carbons (Fsp3) is 0.385. The Morgan fingerprint density at radius 1 is 1.53 bits per heavy atom. The standard InChI is InChI=1S/C13H16BrNO4/c1-9(7-18-2)15-12(17)8-19-13-10(6-16)4-3-5-11(13)14/h3-6,9H,7-8H2,1-2H3,(H,15,17). The number of rotatable bonds is 7. The van der Waals surface area contributed by atoms with Gasteiger partial charge in [0.2, 0.25) is 0 Å². The number of para-hydroxylation sites is 1. The van der Waals surface area contributed by atoms with Gasteiger partial charge >= 0.3 is 0 Å². The van der Waals surface area contributed by atoms with Crippen molar-refractivity contribution in [2.24, 2.45) is 0 Å². The highest BCUT2D eigenvalue weighted by Gasteiger charge is 2.11. The van der Waals surface area contributed by atoms with E-state index in [4.69, 9.17) is 9.47 Å². The minimum absolute atomic E-state index is 0.0918. The third-order valence-electron chi connectivity index (χ3n) is 2.30. The van der Waals surface area contributed by atoms with Gasteiger partial charge in [0.1, 0.15) is 5.75 Å². The molecule has 1 aromatic carbocycles. The van der Waals surface area contributed by atoms with Gasteiger partial charge in [-0.3, -0.25) is 9.59 Å². The number of methoxy groups -OCH3 is 1. The van der Waals surface area contributed by atoms with E-state index in [1.165, 1.54) is 0 Å². The van der Waals surface area contributed by atoms with Crippen molar-refractivity contribution in [2.45, 2.75) is 13.0 Å². The number of nitrogens with one attached hydrogen (secondary N) is 1. The molecule has 0 aliphatic rings. The molecule has 0 saturated carbocycles. The van der Waals surface area contributed by atoms with Gasteiger partial charge in [0.05, 0.1) is 16.6 Å². The van der Waals surface area contributed by atoms with Crippen LogP contribution in [0.4, 0.5) is 0 Å². The average Bonchev–Trinajstić information content (AvgIpc) is 2.37. The van der Waals surface area contributed by atoms with Crippen LogP contribution in [-0.2, 0) is 9.53 Å². The van der Waals surface area contributed by atoms with Gasteiger partial charge in [0, 0.05) is 13.2 Å². The number of hydrogen-bond acceptors (Lipinski definition) is 4. The van der Waals surface area contributed by atoms with Crippen molar-refractivity contribution in [1.82, 2.24) is 5.32 Å². The van der Waals surface area contributed by atoms with Gasteiger partial charge in [-0.25, -0.2) is 0 Å². The molecule has 0 saturated heterocycles. The van der Waals surface area contributed by atoms with E-state index in [0.29, 0.717) is 28.7 Å². The second-order valence-corrected chi connectivity index (χ2v) is 4.84. The molecule has 1 aromatic rings. The number of carbonyl (C=O) groups is 2. The summed E-state index contributed by atoms with van der Waals surface area (Å²) in [5, 5.41) is 2.72. The predicted octanol–water partition coefficient (Wildman–Crippen LogP) is 1.79. The number of benzene rings is 1. The first-order valence-electron chi connectivity index (χ1n) is 5.73. The molecule has 0 aliphatic heterocycles. The molecule has 1 unspecified atom stereocenters.